The van der Waals surface area contributed by atoms with Crippen LogP contribution >= 0.6 is 11.9 Å². The van der Waals surface area contributed by atoms with Gasteiger partial charge >= 0.3 is 5.97 Å². The number of nitrogens with zero attached hydrogens (tertiary/aromatic N) is 1. The van der Waals surface area contributed by atoms with Gasteiger partial charge in [-0.2, -0.15) is 0 Å². The molecule has 5 heteroatoms. The molecule has 1 heterocycles. The van der Waals surface area contributed by atoms with E-state index in [0.717, 1.165) is 5.56 Å². The van der Waals surface area contributed by atoms with E-state index < -0.39 is 12.0 Å². The van der Waals surface area contributed by atoms with Crippen LogP contribution in [0.25, 0.3) is 0 Å². The molecular weight excluding hydrogens is 204 g/mol. The van der Waals surface area contributed by atoms with Crippen molar-refractivity contribution in [3.63, 3.8) is 0 Å². The van der Waals surface area contributed by atoms with Crippen LogP contribution in [0.15, 0.2) is 18.3 Å². The molecule has 0 aromatic carbocycles. The van der Waals surface area contributed by atoms with Crippen LogP contribution in [0.3, 0.4) is 0 Å². The molecule has 0 fully saturated rings. The highest BCUT2D eigenvalue weighted by Gasteiger charge is 2.14. The van der Waals surface area contributed by atoms with E-state index >= 15 is 0 Å². The molecule has 1 aromatic rings. The molecule has 0 aliphatic carbocycles. The molecule has 0 aliphatic rings. The summed E-state index contributed by atoms with van der Waals surface area (Å²) in [7, 11) is 0. The van der Waals surface area contributed by atoms with Crippen LogP contribution in [-0.2, 0) is 9.08 Å². The third-order valence-electron chi connectivity index (χ3n) is 1.79. The van der Waals surface area contributed by atoms with Gasteiger partial charge in [-0.25, -0.2) is 9.78 Å². The summed E-state index contributed by atoms with van der Waals surface area (Å²) in [5, 5.41) is 2.89. The number of hydrogen-bond donors (Lipinski definition) is 1. The lowest BCUT2D eigenvalue weighted by atomic mass is 10.2. The molecule has 1 N–H and O–H groups in total. The molecule has 1 rings (SSSR count). The monoisotopic (exact) mass is 214 g/mol. The average Bonchev–Trinajstić information content (AvgIpc) is 2.20. The summed E-state index contributed by atoms with van der Waals surface area (Å²) in [5.41, 5.74) is 0.960. The molecule has 0 saturated carbocycles. The number of anilines is 1. The number of aryl methyl sites for hydroxylation is 1. The fourth-order valence-corrected chi connectivity index (χ4v) is 1.10. The molecule has 0 saturated heterocycles. The van der Waals surface area contributed by atoms with Crippen molar-refractivity contribution in [1.82, 2.24) is 4.98 Å². The molecule has 4 nitrogen and oxygen atoms in total. The minimum absolute atomic E-state index is 0.513. The maximum atomic E-state index is 11.0. The van der Waals surface area contributed by atoms with Crippen LogP contribution in [0.4, 0.5) is 5.82 Å². The molecule has 1 aromatic heterocycles. The van der Waals surface area contributed by atoms with Crippen molar-refractivity contribution >= 4 is 23.7 Å². The summed E-state index contributed by atoms with van der Waals surface area (Å²) in [6.45, 7) is 3.55. The maximum absolute atomic E-state index is 11.0. The van der Waals surface area contributed by atoms with E-state index in [1.54, 1.807) is 13.1 Å². The smallest absolute Gasteiger partial charge is 0.346 e. The number of nitrogens with one attached hydrogen (secondary N) is 1. The standard InChI is InChI=1S/C9H11ClN2O2/c1-6-4-3-5-11-8(6)12-7(2)9(13)14-10/h3-5,7H,1-2H3,(H,11,12). The van der Waals surface area contributed by atoms with E-state index in [9.17, 15) is 4.79 Å². The van der Waals surface area contributed by atoms with E-state index in [0.29, 0.717) is 5.82 Å². The van der Waals surface area contributed by atoms with Gasteiger partial charge in [0.25, 0.3) is 0 Å². The normalized spacial score (nSPS) is 11.9. The van der Waals surface area contributed by atoms with Crippen LogP contribution in [0.5, 0.6) is 0 Å². The number of halogens is 1. The lowest BCUT2D eigenvalue weighted by Crippen LogP contribution is -2.26. The van der Waals surface area contributed by atoms with Gasteiger partial charge in [0, 0.05) is 6.20 Å². The van der Waals surface area contributed by atoms with Crippen molar-refractivity contribution < 1.29 is 9.08 Å². The largest absolute Gasteiger partial charge is 0.357 e. The van der Waals surface area contributed by atoms with Crippen molar-refractivity contribution in [1.29, 1.82) is 0 Å². The number of aromatic nitrogens is 1. The summed E-state index contributed by atoms with van der Waals surface area (Å²) in [5.74, 6) is 0.124. The number of pyridine rings is 1. The Morgan fingerprint density at radius 2 is 2.43 bits per heavy atom. The Labute approximate surface area is 87.4 Å². The van der Waals surface area contributed by atoms with Gasteiger partial charge in [0.1, 0.15) is 23.7 Å². The molecule has 0 radical (unpaired) electrons. The zero-order valence-corrected chi connectivity index (χ0v) is 8.71. The van der Waals surface area contributed by atoms with Crippen molar-refractivity contribution in [3.8, 4) is 0 Å². The van der Waals surface area contributed by atoms with Crippen LogP contribution < -0.4 is 5.32 Å². The van der Waals surface area contributed by atoms with Gasteiger partial charge in [0.15, 0.2) is 0 Å². The Kier molecular flexibility index (Phi) is 3.71. The topological polar surface area (TPSA) is 51.2 Å². The van der Waals surface area contributed by atoms with Gasteiger partial charge in [-0.15, -0.1) is 0 Å². The minimum Gasteiger partial charge on any atom is -0.357 e. The summed E-state index contributed by atoms with van der Waals surface area (Å²) in [4.78, 5) is 15.1. The summed E-state index contributed by atoms with van der Waals surface area (Å²) in [6.07, 6.45) is 1.65. The van der Waals surface area contributed by atoms with Crippen molar-refractivity contribution in [2.45, 2.75) is 19.9 Å². The molecule has 76 valence electrons. The van der Waals surface area contributed by atoms with E-state index in [-0.39, 0.29) is 0 Å². The number of rotatable bonds is 3. The Balaban J connectivity index is 2.69. The minimum atomic E-state index is -0.531. The Morgan fingerprint density at radius 3 is 3.00 bits per heavy atom. The zero-order chi connectivity index (χ0) is 10.6. The highest BCUT2D eigenvalue weighted by atomic mass is 35.5. The molecule has 1 atom stereocenters. The molecule has 14 heavy (non-hydrogen) atoms. The quantitative estimate of drug-likeness (QED) is 0.835. The Bertz CT molecular complexity index is 330. The van der Waals surface area contributed by atoms with Crippen molar-refractivity contribution in [3.05, 3.63) is 23.9 Å². The van der Waals surface area contributed by atoms with Crippen molar-refractivity contribution in [2.24, 2.45) is 0 Å². The number of carbonyl (C=O) groups is 1. The second-order valence-electron chi connectivity index (χ2n) is 2.93. The molecular formula is C9H11ClN2O2. The average molecular weight is 215 g/mol. The molecule has 0 aliphatic heterocycles. The van der Waals surface area contributed by atoms with E-state index in [2.05, 4.69) is 14.6 Å². The third kappa shape index (κ3) is 2.60. The summed E-state index contributed by atoms with van der Waals surface area (Å²) >= 11 is 4.94. The SMILES string of the molecule is Cc1cccnc1NC(C)C(=O)OCl. The zero-order valence-electron chi connectivity index (χ0n) is 7.95. The Hall–Kier alpha value is -1.29. The number of carbonyl (C=O) groups excluding carboxylic acids is 1. The first-order chi connectivity index (χ1) is 6.65. The predicted octanol–water partition coefficient (Wildman–Crippen LogP) is 1.89. The summed E-state index contributed by atoms with van der Waals surface area (Å²) in [6, 6.07) is 3.21. The summed E-state index contributed by atoms with van der Waals surface area (Å²) < 4.78 is 4.07. The van der Waals surface area contributed by atoms with Crippen LogP contribution in [0.1, 0.15) is 12.5 Å². The van der Waals surface area contributed by atoms with Crippen LogP contribution in [0, 0.1) is 6.92 Å². The van der Waals surface area contributed by atoms with Gasteiger partial charge < -0.3 is 9.61 Å². The van der Waals surface area contributed by atoms with Gasteiger partial charge in [-0.1, -0.05) is 6.07 Å². The van der Waals surface area contributed by atoms with Gasteiger partial charge in [-0.05, 0) is 25.5 Å². The second kappa shape index (κ2) is 4.81. The molecule has 0 amide bonds. The first-order valence-electron chi connectivity index (χ1n) is 4.15. The first-order valence-corrected chi connectivity index (χ1v) is 4.46. The third-order valence-corrected chi connectivity index (χ3v) is 1.94. The number of hydrogen-bond acceptors (Lipinski definition) is 4. The fraction of sp³-hybridized carbons (Fsp3) is 0.333. The highest BCUT2D eigenvalue weighted by Crippen LogP contribution is 2.11. The lowest BCUT2D eigenvalue weighted by molar-refractivity contribution is -0.134. The second-order valence-corrected chi connectivity index (χ2v) is 3.09. The van der Waals surface area contributed by atoms with Gasteiger partial charge in [-0.3, -0.25) is 0 Å². The van der Waals surface area contributed by atoms with Crippen molar-refractivity contribution in [2.75, 3.05) is 5.32 Å². The Morgan fingerprint density at radius 1 is 1.71 bits per heavy atom. The van der Waals surface area contributed by atoms with Crippen LogP contribution in [0.2, 0.25) is 0 Å². The fourth-order valence-electron chi connectivity index (χ4n) is 0.968. The van der Waals surface area contributed by atoms with Crippen LogP contribution in [-0.4, -0.2) is 17.0 Å². The molecule has 1 unspecified atom stereocenters. The molecule has 0 spiro atoms. The van der Waals surface area contributed by atoms with Gasteiger partial charge in [0.2, 0.25) is 0 Å². The highest BCUT2D eigenvalue weighted by molar-refractivity contribution is 6.13. The maximum Gasteiger partial charge on any atom is 0.346 e. The molecule has 0 bridgehead atoms. The van der Waals surface area contributed by atoms with E-state index in [1.807, 2.05) is 19.1 Å². The van der Waals surface area contributed by atoms with E-state index in [4.69, 9.17) is 11.9 Å². The van der Waals surface area contributed by atoms with E-state index in [1.165, 1.54) is 0 Å². The lowest BCUT2D eigenvalue weighted by Gasteiger charge is -2.12. The van der Waals surface area contributed by atoms with Gasteiger partial charge in [0.05, 0.1) is 0 Å². The predicted molar refractivity (Wildman–Crippen MR) is 54.0 cm³/mol. The first kappa shape index (κ1) is 10.8.